The summed E-state index contributed by atoms with van der Waals surface area (Å²) in [6, 6.07) is 10.7. The number of benzene rings is 1. The number of ether oxygens (including phenoxy) is 1. The number of hydrogen-bond acceptors (Lipinski definition) is 6. The SMILES string of the molecule is N#CC(C#N)=NNc1ccc(OCc2ccco2)c(F)c1. The van der Waals surface area contributed by atoms with E-state index in [-0.39, 0.29) is 18.1 Å². The Morgan fingerprint density at radius 2 is 2.14 bits per heavy atom. The number of nitrogens with zero attached hydrogens (tertiary/aromatic N) is 3. The summed E-state index contributed by atoms with van der Waals surface area (Å²) < 4.78 is 24.1. The van der Waals surface area contributed by atoms with Crippen LogP contribution in [0.4, 0.5) is 10.1 Å². The predicted octanol–water partition coefficient (Wildman–Crippen LogP) is 2.81. The molecule has 0 atom stereocenters. The van der Waals surface area contributed by atoms with Gasteiger partial charge in [-0.2, -0.15) is 15.6 Å². The summed E-state index contributed by atoms with van der Waals surface area (Å²) in [5.41, 5.74) is 2.35. The standard InChI is InChI=1S/C14H9FN4O2/c15-13-6-10(18-19-11(7-16)8-17)3-4-14(13)21-9-12-2-1-5-20-12/h1-6,18H,9H2. The van der Waals surface area contributed by atoms with Gasteiger partial charge in [0, 0.05) is 6.07 Å². The fraction of sp³-hybridized carbons (Fsp3) is 0.0714. The van der Waals surface area contributed by atoms with Gasteiger partial charge in [-0.3, -0.25) is 5.43 Å². The van der Waals surface area contributed by atoms with E-state index in [4.69, 9.17) is 19.7 Å². The summed E-state index contributed by atoms with van der Waals surface area (Å²) in [6.07, 6.45) is 1.50. The van der Waals surface area contributed by atoms with Gasteiger partial charge in [0.15, 0.2) is 11.6 Å². The third-order valence-electron chi connectivity index (χ3n) is 2.39. The van der Waals surface area contributed by atoms with E-state index in [1.807, 2.05) is 0 Å². The second-order valence-corrected chi connectivity index (χ2v) is 3.81. The van der Waals surface area contributed by atoms with Gasteiger partial charge in [0.25, 0.3) is 0 Å². The average molecular weight is 284 g/mol. The van der Waals surface area contributed by atoms with Gasteiger partial charge in [0.1, 0.15) is 24.5 Å². The molecule has 1 heterocycles. The molecular weight excluding hydrogens is 275 g/mol. The van der Waals surface area contributed by atoms with Gasteiger partial charge in [-0.05, 0) is 24.3 Å². The highest BCUT2D eigenvalue weighted by molar-refractivity contribution is 6.10. The average Bonchev–Trinajstić information content (AvgIpc) is 3.01. The molecule has 0 saturated carbocycles. The third-order valence-corrected chi connectivity index (χ3v) is 2.39. The van der Waals surface area contributed by atoms with E-state index in [0.29, 0.717) is 11.4 Å². The normalized spacial score (nSPS) is 9.29. The molecule has 1 N–H and O–H groups in total. The summed E-state index contributed by atoms with van der Waals surface area (Å²) >= 11 is 0. The Morgan fingerprint density at radius 3 is 2.76 bits per heavy atom. The molecule has 2 rings (SSSR count). The lowest BCUT2D eigenvalue weighted by Gasteiger charge is -2.07. The monoisotopic (exact) mass is 284 g/mol. The summed E-state index contributed by atoms with van der Waals surface area (Å²) in [5, 5.41) is 20.5. The van der Waals surface area contributed by atoms with Crippen molar-refractivity contribution in [1.82, 2.24) is 0 Å². The Kier molecular flexibility index (Phi) is 4.52. The summed E-state index contributed by atoms with van der Waals surface area (Å²) in [4.78, 5) is 0. The summed E-state index contributed by atoms with van der Waals surface area (Å²) in [5.74, 6) is 0.0350. The van der Waals surface area contributed by atoms with Crippen LogP contribution < -0.4 is 10.2 Å². The zero-order valence-corrected chi connectivity index (χ0v) is 10.7. The number of halogens is 1. The van der Waals surface area contributed by atoms with Crippen molar-refractivity contribution in [2.75, 3.05) is 5.43 Å². The minimum atomic E-state index is -0.600. The minimum Gasteiger partial charge on any atom is -0.483 e. The van der Waals surface area contributed by atoms with Crippen LogP contribution in [0.3, 0.4) is 0 Å². The lowest BCUT2D eigenvalue weighted by Crippen LogP contribution is -1.99. The molecule has 1 aromatic heterocycles. The predicted molar refractivity (Wildman–Crippen MR) is 71.7 cm³/mol. The number of nitrogens with one attached hydrogen (secondary N) is 1. The molecule has 0 saturated heterocycles. The van der Waals surface area contributed by atoms with Crippen LogP contribution in [0.2, 0.25) is 0 Å². The van der Waals surface area contributed by atoms with Gasteiger partial charge < -0.3 is 9.15 Å². The highest BCUT2D eigenvalue weighted by atomic mass is 19.1. The first kappa shape index (κ1) is 14.1. The molecule has 0 aliphatic carbocycles. The summed E-state index contributed by atoms with van der Waals surface area (Å²) in [6.45, 7) is 0.113. The van der Waals surface area contributed by atoms with E-state index in [0.717, 1.165) is 6.07 Å². The zero-order chi connectivity index (χ0) is 15.1. The van der Waals surface area contributed by atoms with Crippen LogP contribution in [0, 0.1) is 28.5 Å². The number of hydrazone groups is 1. The molecule has 0 aliphatic heterocycles. The van der Waals surface area contributed by atoms with Crippen molar-refractivity contribution in [2.45, 2.75) is 6.61 Å². The van der Waals surface area contributed by atoms with E-state index in [1.54, 1.807) is 24.3 Å². The maximum absolute atomic E-state index is 13.8. The zero-order valence-electron chi connectivity index (χ0n) is 10.7. The van der Waals surface area contributed by atoms with Crippen molar-refractivity contribution in [3.63, 3.8) is 0 Å². The topological polar surface area (TPSA) is 94.3 Å². The summed E-state index contributed by atoms with van der Waals surface area (Å²) in [7, 11) is 0. The van der Waals surface area contributed by atoms with Crippen molar-refractivity contribution in [3.05, 3.63) is 48.2 Å². The molecular formula is C14H9FN4O2. The number of furan rings is 1. The van der Waals surface area contributed by atoms with Crippen LogP contribution in [0.25, 0.3) is 0 Å². The van der Waals surface area contributed by atoms with Crippen LogP contribution in [0.15, 0.2) is 46.1 Å². The van der Waals surface area contributed by atoms with E-state index < -0.39 is 5.82 Å². The molecule has 21 heavy (non-hydrogen) atoms. The van der Waals surface area contributed by atoms with E-state index in [1.165, 1.54) is 18.4 Å². The first-order chi connectivity index (χ1) is 10.2. The second kappa shape index (κ2) is 6.73. The molecule has 0 amide bonds. The Bertz CT molecular complexity index is 710. The molecule has 0 unspecified atom stereocenters. The van der Waals surface area contributed by atoms with Crippen molar-refractivity contribution < 1.29 is 13.5 Å². The van der Waals surface area contributed by atoms with E-state index in [9.17, 15) is 4.39 Å². The van der Waals surface area contributed by atoms with Gasteiger partial charge in [-0.15, -0.1) is 0 Å². The molecule has 6 nitrogen and oxygen atoms in total. The largest absolute Gasteiger partial charge is 0.483 e. The molecule has 1 aromatic carbocycles. The third kappa shape index (κ3) is 3.82. The Hall–Kier alpha value is -3.32. The number of anilines is 1. The molecule has 2 aromatic rings. The highest BCUT2D eigenvalue weighted by Gasteiger charge is 2.06. The Balaban J connectivity index is 2.02. The maximum Gasteiger partial charge on any atom is 0.237 e. The van der Waals surface area contributed by atoms with Gasteiger partial charge in [-0.1, -0.05) is 0 Å². The van der Waals surface area contributed by atoms with Crippen LogP contribution >= 0.6 is 0 Å². The van der Waals surface area contributed by atoms with E-state index >= 15 is 0 Å². The maximum atomic E-state index is 13.8. The number of nitriles is 2. The minimum absolute atomic E-state index is 0.0571. The number of hydrogen-bond donors (Lipinski definition) is 1. The molecule has 104 valence electrons. The quantitative estimate of drug-likeness (QED) is 0.673. The lowest BCUT2D eigenvalue weighted by molar-refractivity contribution is 0.258. The van der Waals surface area contributed by atoms with Crippen LogP contribution in [-0.4, -0.2) is 5.71 Å². The van der Waals surface area contributed by atoms with Crippen LogP contribution in [-0.2, 0) is 6.61 Å². The number of rotatable bonds is 5. The first-order valence-corrected chi connectivity index (χ1v) is 5.81. The molecule has 0 spiro atoms. The highest BCUT2D eigenvalue weighted by Crippen LogP contribution is 2.22. The van der Waals surface area contributed by atoms with Gasteiger partial charge >= 0.3 is 0 Å². The van der Waals surface area contributed by atoms with Gasteiger partial charge in [0.05, 0.1) is 12.0 Å². The van der Waals surface area contributed by atoms with Crippen molar-refractivity contribution >= 4 is 11.4 Å². The van der Waals surface area contributed by atoms with E-state index in [2.05, 4.69) is 10.5 Å². The van der Waals surface area contributed by atoms with Gasteiger partial charge in [-0.25, -0.2) is 4.39 Å². The Morgan fingerprint density at radius 1 is 1.33 bits per heavy atom. The van der Waals surface area contributed by atoms with Crippen molar-refractivity contribution in [3.8, 4) is 17.9 Å². The Labute approximate surface area is 119 Å². The lowest BCUT2D eigenvalue weighted by atomic mass is 10.3. The van der Waals surface area contributed by atoms with Crippen molar-refractivity contribution in [2.24, 2.45) is 5.10 Å². The van der Waals surface area contributed by atoms with Crippen molar-refractivity contribution in [1.29, 1.82) is 10.5 Å². The fourth-order valence-electron chi connectivity index (χ4n) is 1.43. The first-order valence-electron chi connectivity index (χ1n) is 5.81. The van der Waals surface area contributed by atoms with Gasteiger partial charge in [0.2, 0.25) is 5.71 Å². The van der Waals surface area contributed by atoms with Crippen LogP contribution in [0.5, 0.6) is 5.75 Å². The smallest absolute Gasteiger partial charge is 0.237 e. The van der Waals surface area contributed by atoms with Crippen LogP contribution in [0.1, 0.15) is 5.76 Å². The second-order valence-electron chi connectivity index (χ2n) is 3.81. The molecule has 0 fully saturated rings. The fourth-order valence-corrected chi connectivity index (χ4v) is 1.43. The molecule has 0 radical (unpaired) electrons. The molecule has 0 aliphatic rings. The molecule has 7 heteroatoms. The molecule has 0 bridgehead atoms.